The van der Waals surface area contributed by atoms with E-state index < -0.39 is 0 Å². The Morgan fingerprint density at radius 1 is 1.44 bits per heavy atom. The summed E-state index contributed by atoms with van der Waals surface area (Å²) in [6.45, 7) is 6.10. The van der Waals surface area contributed by atoms with Gasteiger partial charge in [-0.25, -0.2) is 9.97 Å². The molecule has 16 heavy (non-hydrogen) atoms. The molecule has 0 aliphatic carbocycles. The van der Waals surface area contributed by atoms with E-state index in [1.807, 2.05) is 20.0 Å². The Bertz CT molecular complexity index is 345. The standard InChI is InChI=1S/C12H20N4/c1-9-7-14-12(16-10(9)2)15-8-11-5-3-4-6-13-11/h7,11,13H,3-6,8H2,1-2H3,(H,14,15,16). The van der Waals surface area contributed by atoms with Gasteiger partial charge in [-0.05, 0) is 38.8 Å². The molecule has 1 unspecified atom stereocenters. The molecule has 0 saturated carbocycles. The molecule has 2 N–H and O–H groups in total. The third-order valence-corrected chi connectivity index (χ3v) is 3.14. The molecule has 88 valence electrons. The molecule has 2 heterocycles. The van der Waals surface area contributed by atoms with Crippen molar-refractivity contribution in [2.24, 2.45) is 0 Å². The molecule has 0 bridgehead atoms. The minimum atomic E-state index is 0.568. The highest BCUT2D eigenvalue weighted by Crippen LogP contribution is 2.09. The van der Waals surface area contributed by atoms with Crippen LogP contribution in [-0.2, 0) is 0 Å². The summed E-state index contributed by atoms with van der Waals surface area (Å²) in [5.41, 5.74) is 2.19. The number of rotatable bonds is 3. The molecular formula is C12H20N4. The van der Waals surface area contributed by atoms with Crippen LogP contribution in [0.4, 0.5) is 5.95 Å². The number of anilines is 1. The van der Waals surface area contributed by atoms with E-state index in [0.29, 0.717) is 6.04 Å². The molecule has 1 saturated heterocycles. The smallest absolute Gasteiger partial charge is 0.222 e. The van der Waals surface area contributed by atoms with Crippen molar-refractivity contribution in [3.8, 4) is 0 Å². The van der Waals surface area contributed by atoms with Gasteiger partial charge in [0.1, 0.15) is 0 Å². The summed E-state index contributed by atoms with van der Waals surface area (Å²) in [7, 11) is 0. The predicted octanol–water partition coefficient (Wildman–Crippen LogP) is 1.65. The van der Waals surface area contributed by atoms with Crippen molar-refractivity contribution in [3.63, 3.8) is 0 Å². The molecule has 4 nitrogen and oxygen atoms in total. The number of nitrogens with zero attached hydrogens (tertiary/aromatic N) is 2. The lowest BCUT2D eigenvalue weighted by Crippen LogP contribution is -2.39. The minimum absolute atomic E-state index is 0.568. The summed E-state index contributed by atoms with van der Waals surface area (Å²) >= 11 is 0. The third-order valence-electron chi connectivity index (χ3n) is 3.14. The van der Waals surface area contributed by atoms with Gasteiger partial charge < -0.3 is 10.6 Å². The van der Waals surface area contributed by atoms with E-state index in [1.165, 1.54) is 19.3 Å². The second-order valence-corrected chi connectivity index (χ2v) is 4.49. The van der Waals surface area contributed by atoms with Crippen LogP contribution in [0.15, 0.2) is 6.20 Å². The van der Waals surface area contributed by atoms with E-state index in [1.54, 1.807) is 0 Å². The van der Waals surface area contributed by atoms with E-state index in [9.17, 15) is 0 Å². The van der Waals surface area contributed by atoms with Crippen molar-refractivity contribution in [1.29, 1.82) is 0 Å². The first-order chi connectivity index (χ1) is 7.75. The van der Waals surface area contributed by atoms with Gasteiger partial charge in [0.2, 0.25) is 5.95 Å². The van der Waals surface area contributed by atoms with E-state index >= 15 is 0 Å². The van der Waals surface area contributed by atoms with Crippen molar-refractivity contribution in [3.05, 3.63) is 17.5 Å². The van der Waals surface area contributed by atoms with Crippen LogP contribution < -0.4 is 10.6 Å². The fourth-order valence-corrected chi connectivity index (χ4v) is 1.93. The first-order valence-electron chi connectivity index (χ1n) is 6.03. The van der Waals surface area contributed by atoms with E-state index in [-0.39, 0.29) is 0 Å². The predicted molar refractivity (Wildman–Crippen MR) is 65.6 cm³/mol. The number of aryl methyl sites for hydroxylation is 2. The van der Waals surface area contributed by atoms with Crippen LogP contribution in [0.1, 0.15) is 30.5 Å². The lowest BCUT2D eigenvalue weighted by Gasteiger charge is -2.23. The molecule has 1 aliphatic heterocycles. The highest BCUT2D eigenvalue weighted by atomic mass is 15.1. The summed E-state index contributed by atoms with van der Waals surface area (Å²) in [5.74, 6) is 0.746. The summed E-state index contributed by atoms with van der Waals surface area (Å²) in [4.78, 5) is 8.68. The molecule has 1 fully saturated rings. The van der Waals surface area contributed by atoms with Gasteiger partial charge >= 0.3 is 0 Å². The number of nitrogens with one attached hydrogen (secondary N) is 2. The maximum absolute atomic E-state index is 4.41. The van der Waals surface area contributed by atoms with Gasteiger partial charge in [-0.3, -0.25) is 0 Å². The summed E-state index contributed by atoms with van der Waals surface area (Å²) in [6, 6.07) is 0.568. The lowest BCUT2D eigenvalue weighted by molar-refractivity contribution is 0.413. The van der Waals surface area contributed by atoms with Gasteiger partial charge in [-0.2, -0.15) is 0 Å². The lowest BCUT2D eigenvalue weighted by atomic mass is 10.1. The average Bonchev–Trinajstić information content (AvgIpc) is 2.32. The largest absolute Gasteiger partial charge is 0.353 e. The maximum Gasteiger partial charge on any atom is 0.222 e. The van der Waals surface area contributed by atoms with Crippen molar-refractivity contribution < 1.29 is 0 Å². The highest BCUT2D eigenvalue weighted by Gasteiger charge is 2.12. The van der Waals surface area contributed by atoms with Crippen molar-refractivity contribution >= 4 is 5.95 Å². The van der Waals surface area contributed by atoms with Crippen LogP contribution >= 0.6 is 0 Å². The number of hydrogen-bond donors (Lipinski definition) is 2. The van der Waals surface area contributed by atoms with Crippen molar-refractivity contribution in [2.45, 2.75) is 39.2 Å². The monoisotopic (exact) mass is 220 g/mol. The van der Waals surface area contributed by atoms with Gasteiger partial charge in [0, 0.05) is 24.5 Å². The highest BCUT2D eigenvalue weighted by molar-refractivity contribution is 5.28. The van der Waals surface area contributed by atoms with Gasteiger partial charge in [0.05, 0.1) is 0 Å². The summed E-state index contributed by atoms with van der Waals surface area (Å²) < 4.78 is 0. The fraction of sp³-hybridized carbons (Fsp3) is 0.667. The zero-order chi connectivity index (χ0) is 11.4. The van der Waals surface area contributed by atoms with E-state index in [0.717, 1.165) is 30.3 Å². The molecule has 2 rings (SSSR count). The van der Waals surface area contributed by atoms with Gasteiger partial charge in [0.15, 0.2) is 0 Å². The maximum atomic E-state index is 4.41. The molecule has 0 aromatic carbocycles. The van der Waals surface area contributed by atoms with Crippen molar-refractivity contribution in [1.82, 2.24) is 15.3 Å². The van der Waals surface area contributed by atoms with Crippen LogP contribution in [0, 0.1) is 13.8 Å². The van der Waals surface area contributed by atoms with Gasteiger partial charge in [-0.1, -0.05) is 6.42 Å². The van der Waals surface area contributed by atoms with Crippen LogP contribution in [0.3, 0.4) is 0 Å². The Kier molecular flexibility index (Phi) is 3.72. The molecular weight excluding hydrogens is 200 g/mol. The second kappa shape index (κ2) is 5.25. The Morgan fingerprint density at radius 3 is 3.00 bits per heavy atom. The molecule has 0 amide bonds. The minimum Gasteiger partial charge on any atom is -0.353 e. The first-order valence-corrected chi connectivity index (χ1v) is 6.03. The van der Waals surface area contributed by atoms with Crippen LogP contribution in [-0.4, -0.2) is 29.1 Å². The number of aromatic nitrogens is 2. The number of hydrogen-bond acceptors (Lipinski definition) is 4. The SMILES string of the molecule is Cc1cnc(NCC2CCCCN2)nc1C. The van der Waals surface area contributed by atoms with Gasteiger partial charge in [0.25, 0.3) is 0 Å². The zero-order valence-corrected chi connectivity index (χ0v) is 10.1. The Labute approximate surface area is 96.9 Å². The van der Waals surface area contributed by atoms with Crippen LogP contribution in [0.2, 0.25) is 0 Å². The van der Waals surface area contributed by atoms with Crippen LogP contribution in [0.25, 0.3) is 0 Å². The zero-order valence-electron chi connectivity index (χ0n) is 10.1. The van der Waals surface area contributed by atoms with Crippen LogP contribution in [0.5, 0.6) is 0 Å². The quantitative estimate of drug-likeness (QED) is 0.813. The first kappa shape index (κ1) is 11.3. The molecule has 0 spiro atoms. The Balaban J connectivity index is 1.86. The van der Waals surface area contributed by atoms with Crippen molar-refractivity contribution in [2.75, 3.05) is 18.4 Å². The van der Waals surface area contributed by atoms with E-state index in [2.05, 4.69) is 20.6 Å². The topological polar surface area (TPSA) is 49.8 Å². The Hall–Kier alpha value is -1.16. The number of piperidine rings is 1. The van der Waals surface area contributed by atoms with Gasteiger partial charge in [-0.15, -0.1) is 0 Å². The molecule has 0 radical (unpaired) electrons. The average molecular weight is 220 g/mol. The summed E-state index contributed by atoms with van der Waals surface area (Å²) in [5, 5.41) is 6.79. The van der Waals surface area contributed by atoms with E-state index in [4.69, 9.17) is 0 Å². The Morgan fingerprint density at radius 2 is 2.31 bits per heavy atom. The third kappa shape index (κ3) is 2.92. The molecule has 1 aromatic rings. The summed E-state index contributed by atoms with van der Waals surface area (Å²) in [6.07, 6.45) is 5.75. The fourth-order valence-electron chi connectivity index (χ4n) is 1.93. The normalized spacial score (nSPS) is 20.8. The molecule has 1 atom stereocenters. The molecule has 4 heteroatoms. The molecule has 1 aliphatic rings. The second-order valence-electron chi connectivity index (χ2n) is 4.49. The molecule has 1 aromatic heterocycles.